The summed E-state index contributed by atoms with van der Waals surface area (Å²) in [5, 5.41) is 0. The predicted molar refractivity (Wildman–Crippen MR) is 91.4 cm³/mol. The second kappa shape index (κ2) is 17.0. The number of unbranched alkanes of at least 4 members (excludes halogenated alkanes) is 8. The molecule has 2 nitrogen and oxygen atoms in total. The van der Waals surface area contributed by atoms with Crippen LogP contribution < -0.4 is 0 Å². The van der Waals surface area contributed by atoms with E-state index in [-0.39, 0.29) is 5.97 Å². The van der Waals surface area contributed by atoms with Gasteiger partial charge in [0, 0.05) is 6.92 Å². The van der Waals surface area contributed by atoms with Crippen molar-refractivity contribution < 1.29 is 9.53 Å². The molecule has 0 fully saturated rings. The predicted octanol–water partition coefficient (Wildman–Crippen LogP) is 5.97. The van der Waals surface area contributed by atoms with Crippen LogP contribution in [0, 0.1) is 0 Å². The van der Waals surface area contributed by atoms with Gasteiger partial charge in [-0.25, -0.2) is 0 Å². The third-order valence-electron chi connectivity index (χ3n) is 3.38. The topological polar surface area (TPSA) is 26.3 Å². The van der Waals surface area contributed by atoms with Gasteiger partial charge < -0.3 is 4.74 Å². The summed E-state index contributed by atoms with van der Waals surface area (Å²) in [6.07, 6.45) is 22.7. The average Bonchev–Trinajstić information content (AvgIpc) is 2.46. The molecule has 0 radical (unpaired) electrons. The van der Waals surface area contributed by atoms with Gasteiger partial charge in [-0.15, -0.1) is 0 Å². The van der Waals surface area contributed by atoms with E-state index in [1.54, 1.807) is 0 Å². The minimum Gasteiger partial charge on any atom is -0.466 e. The number of carbonyl (C=O) groups excluding carboxylic acids is 1. The van der Waals surface area contributed by atoms with Gasteiger partial charge in [0.25, 0.3) is 0 Å². The van der Waals surface area contributed by atoms with Crippen LogP contribution in [0.3, 0.4) is 0 Å². The molecule has 0 aromatic heterocycles. The first-order chi connectivity index (χ1) is 10.3. The molecule has 0 spiro atoms. The first-order valence-corrected chi connectivity index (χ1v) is 8.70. The SMILES string of the molecule is CCCCCCCC/C=C/CC/C=C/CCCOC(C)=O. The molecule has 0 aliphatic heterocycles. The number of ether oxygens (including phenoxy) is 1. The molecule has 0 atom stereocenters. The smallest absolute Gasteiger partial charge is 0.302 e. The zero-order valence-electron chi connectivity index (χ0n) is 14.1. The van der Waals surface area contributed by atoms with E-state index < -0.39 is 0 Å². The van der Waals surface area contributed by atoms with Gasteiger partial charge in [0.05, 0.1) is 6.61 Å². The molecule has 0 aromatic carbocycles. The number of rotatable bonds is 14. The molecule has 0 bridgehead atoms. The lowest BCUT2D eigenvalue weighted by molar-refractivity contribution is -0.141. The fourth-order valence-corrected chi connectivity index (χ4v) is 2.12. The van der Waals surface area contributed by atoms with Gasteiger partial charge in [-0.2, -0.15) is 0 Å². The molecule has 0 saturated carbocycles. The first kappa shape index (κ1) is 19.9. The minimum atomic E-state index is -0.186. The van der Waals surface area contributed by atoms with Crippen LogP contribution in [0.25, 0.3) is 0 Å². The summed E-state index contributed by atoms with van der Waals surface area (Å²) in [6, 6.07) is 0. The maximum Gasteiger partial charge on any atom is 0.302 e. The highest BCUT2D eigenvalue weighted by atomic mass is 16.5. The van der Waals surface area contributed by atoms with Crippen molar-refractivity contribution in [2.24, 2.45) is 0 Å². The Labute approximate surface area is 131 Å². The van der Waals surface area contributed by atoms with Crippen LogP contribution in [-0.2, 0) is 9.53 Å². The molecule has 0 rings (SSSR count). The van der Waals surface area contributed by atoms with Gasteiger partial charge in [-0.05, 0) is 38.5 Å². The summed E-state index contributed by atoms with van der Waals surface area (Å²) < 4.78 is 4.87. The van der Waals surface area contributed by atoms with Crippen molar-refractivity contribution in [3.05, 3.63) is 24.3 Å². The van der Waals surface area contributed by atoms with Crippen molar-refractivity contribution in [1.29, 1.82) is 0 Å². The quantitative estimate of drug-likeness (QED) is 0.224. The summed E-state index contributed by atoms with van der Waals surface area (Å²) in [7, 11) is 0. The lowest BCUT2D eigenvalue weighted by Gasteiger charge is -1.98. The highest BCUT2D eigenvalue weighted by Gasteiger charge is 1.90. The molecule has 0 aliphatic rings. The van der Waals surface area contributed by atoms with Crippen LogP contribution in [0.4, 0.5) is 0 Å². The summed E-state index contributed by atoms with van der Waals surface area (Å²) in [4.78, 5) is 10.5. The van der Waals surface area contributed by atoms with Crippen LogP contribution in [0.15, 0.2) is 24.3 Å². The molecular weight excluding hydrogens is 260 g/mol. The normalized spacial score (nSPS) is 11.5. The van der Waals surface area contributed by atoms with Crippen molar-refractivity contribution in [1.82, 2.24) is 0 Å². The molecule has 122 valence electrons. The maximum absolute atomic E-state index is 10.5. The number of carbonyl (C=O) groups is 1. The van der Waals surface area contributed by atoms with Crippen LogP contribution >= 0.6 is 0 Å². The maximum atomic E-state index is 10.5. The number of esters is 1. The van der Waals surface area contributed by atoms with E-state index in [1.807, 2.05) is 0 Å². The Morgan fingerprint density at radius 3 is 1.90 bits per heavy atom. The van der Waals surface area contributed by atoms with E-state index in [1.165, 1.54) is 51.9 Å². The molecule has 0 aliphatic carbocycles. The van der Waals surface area contributed by atoms with Gasteiger partial charge >= 0.3 is 5.97 Å². The molecule has 0 heterocycles. The zero-order chi connectivity index (χ0) is 15.6. The second-order valence-corrected chi connectivity index (χ2v) is 5.56. The highest BCUT2D eigenvalue weighted by Crippen LogP contribution is 2.07. The molecule has 0 saturated heterocycles. The molecule has 2 heteroatoms. The Hall–Kier alpha value is -1.05. The van der Waals surface area contributed by atoms with Crippen molar-refractivity contribution in [2.45, 2.75) is 84.5 Å². The lowest BCUT2D eigenvalue weighted by atomic mass is 10.1. The average molecular weight is 294 g/mol. The Kier molecular flexibility index (Phi) is 16.2. The molecule has 0 N–H and O–H groups in total. The number of hydrogen-bond acceptors (Lipinski definition) is 2. The van der Waals surface area contributed by atoms with Crippen LogP contribution in [0.5, 0.6) is 0 Å². The number of allylic oxidation sites excluding steroid dienone is 4. The second-order valence-electron chi connectivity index (χ2n) is 5.56. The molecule has 0 amide bonds. The van der Waals surface area contributed by atoms with E-state index in [4.69, 9.17) is 4.74 Å². The Morgan fingerprint density at radius 1 is 0.762 bits per heavy atom. The third kappa shape index (κ3) is 18.9. The van der Waals surface area contributed by atoms with Gasteiger partial charge in [-0.3, -0.25) is 4.79 Å². The standard InChI is InChI=1S/C19H34O2/c1-3-4-5-6-7-8-9-10-11-12-13-14-15-16-17-18-21-19(2)20/h10-11,14-15H,3-9,12-13,16-18H2,1-2H3/b11-10+,15-14+. The largest absolute Gasteiger partial charge is 0.466 e. The Morgan fingerprint density at radius 2 is 1.29 bits per heavy atom. The van der Waals surface area contributed by atoms with Crippen LogP contribution in [-0.4, -0.2) is 12.6 Å². The van der Waals surface area contributed by atoms with Gasteiger partial charge in [0.2, 0.25) is 0 Å². The third-order valence-corrected chi connectivity index (χ3v) is 3.38. The summed E-state index contributed by atoms with van der Waals surface area (Å²) in [5.41, 5.74) is 0. The molecule has 21 heavy (non-hydrogen) atoms. The fourth-order valence-electron chi connectivity index (χ4n) is 2.12. The van der Waals surface area contributed by atoms with Gasteiger partial charge in [0.15, 0.2) is 0 Å². The molecule has 0 unspecified atom stereocenters. The molecular formula is C19H34O2. The summed E-state index contributed by atoms with van der Waals surface area (Å²) in [5.74, 6) is -0.186. The monoisotopic (exact) mass is 294 g/mol. The Balaban J connectivity index is 3.19. The van der Waals surface area contributed by atoms with E-state index >= 15 is 0 Å². The first-order valence-electron chi connectivity index (χ1n) is 8.70. The van der Waals surface area contributed by atoms with Crippen molar-refractivity contribution in [3.8, 4) is 0 Å². The lowest BCUT2D eigenvalue weighted by Crippen LogP contribution is -1.99. The van der Waals surface area contributed by atoms with Crippen molar-refractivity contribution in [2.75, 3.05) is 6.61 Å². The summed E-state index contributed by atoms with van der Waals surface area (Å²) in [6.45, 7) is 4.25. The highest BCUT2D eigenvalue weighted by molar-refractivity contribution is 5.65. The van der Waals surface area contributed by atoms with Gasteiger partial charge in [-0.1, -0.05) is 63.3 Å². The van der Waals surface area contributed by atoms with Crippen molar-refractivity contribution in [3.63, 3.8) is 0 Å². The number of hydrogen-bond donors (Lipinski definition) is 0. The minimum absolute atomic E-state index is 0.186. The molecule has 0 aromatic rings. The fraction of sp³-hybridized carbons (Fsp3) is 0.737. The van der Waals surface area contributed by atoms with E-state index in [0.717, 1.165) is 25.7 Å². The van der Waals surface area contributed by atoms with Crippen LogP contribution in [0.1, 0.15) is 84.5 Å². The summed E-state index contributed by atoms with van der Waals surface area (Å²) >= 11 is 0. The van der Waals surface area contributed by atoms with Crippen LogP contribution in [0.2, 0.25) is 0 Å². The van der Waals surface area contributed by atoms with Crippen molar-refractivity contribution >= 4 is 5.97 Å². The zero-order valence-corrected chi connectivity index (χ0v) is 14.1. The van der Waals surface area contributed by atoms with E-state index in [9.17, 15) is 4.79 Å². The van der Waals surface area contributed by atoms with Gasteiger partial charge in [0.1, 0.15) is 0 Å². The Bertz CT molecular complexity index is 279. The van der Waals surface area contributed by atoms with E-state index in [2.05, 4.69) is 31.2 Å². The van der Waals surface area contributed by atoms with E-state index in [0.29, 0.717) is 6.61 Å².